The van der Waals surface area contributed by atoms with E-state index in [-0.39, 0.29) is 12.5 Å². The average molecular weight is 361 g/mol. The zero-order chi connectivity index (χ0) is 19.4. The lowest BCUT2D eigenvalue weighted by atomic mass is 10.1. The van der Waals surface area contributed by atoms with Crippen molar-refractivity contribution < 1.29 is 9.59 Å². The number of aliphatic imine (C=N–C) groups is 1. The van der Waals surface area contributed by atoms with E-state index in [0.29, 0.717) is 5.56 Å². The van der Waals surface area contributed by atoms with Crippen LogP contribution in [0.3, 0.4) is 0 Å². The Bertz CT molecular complexity index is 1020. The van der Waals surface area contributed by atoms with Crippen molar-refractivity contribution in [3.8, 4) is 22.5 Å². The summed E-state index contributed by atoms with van der Waals surface area (Å²) in [5.74, 6) is -1.28. The molecule has 3 aromatic rings. The van der Waals surface area contributed by atoms with Gasteiger partial charge in [-0.25, -0.2) is 0 Å². The van der Waals surface area contributed by atoms with E-state index >= 15 is 0 Å². The molecule has 136 valence electrons. The molecule has 0 saturated carbocycles. The first kappa shape index (κ1) is 17.9. The van der Waals surface area contributed by atoms with Gasteiger partial charge in [0.1, 0.15) is 6.54 Å². The summed E-state index contributed by atoms with van der Waals surface area (Å²) in [6.45, 7) is -0.0503. The van der Waals surface area contributed by atoms with Gasteiger partial charge in [-0.3, -0.25) is 9.59 Å². The lowest BCUT2D eigenvalue weighted by Crippen LogP contribution is -2.25. The van der Waals surface area contributed by atoms with Crippen LogP contribution in [0.25, 0.3) is 22.5 Å². The molecule has 0 radical (unpaired) electrons. The van der Waals surface area contributed by atoms with Gasteiger partial charge in [0.25, 0.3) is 5.91 Å². The summed E-state index contributed by atoms with van der Waals surface area (Å²) in [7, 11) is 0. The topological polar surface area (TPSA) is 129 Å². The predicted molar refractivity (Wildman–Crippen MR) is 105 cm³/mol. The molecule has 2 aromatic carbocycles. The van der Waals surface area contributed by atoms with Gasteiger partial charge >= 0.3 is 0 Å². The van der Waals surface area contributed by atoms with Crippen LogP contribution < -0.4 is 17.2 Å². The highest BCUT2D eigenvalue weighted by Crippen LogP contribution is 2.29. The van der Waals surface area contributed by atoms with Crippen molar-refractivity contribution in [3.05, 3.63) is 72.3 Å². The first-order chi connectivity index (χ1) is 13.0. The number of hydrogen-bond acceptors (Lipinski definition) is 2. The Morgan fingerprint density at radius 3 is 2.07 bits per heavy atom. The minimum atomic E-state index is -0.519. The highest BCUT2D eigenvalue weighted by Gasteiger charge is 2.15. The first-order valence-corrected chi connectivity index (χ1v) is 8.23. The van der Waals surface area contributed by atoms with E-state index in [1.54, 1.807) is 18.2 Å². The summed E-state index contributed by atoms with van der Waals surface area (Å²) in [5.41, 5.74) is 19.7. The zero-order valence-corrected chi connectivity index (χ0v) is 14.5. The van der Waals surface area contributed by atoms with Crippen LogP contribution in [0.5, 0.6) is 0 Å². The number of primary amides is 1. The Hall–Kier alpha value is -3.87. The molecule has 7 heteroatoms. The van der Waals surface area contributed by atoms with Gasteiger partial charge < -0.3 is 21.8 Å². The van der Waals surface area contributed by atoms with E-state index in [1.807, 2.05) is 53.1 Å². The minimum Gasteiger partial charge on any atom is -0.370 e. The minimum absolute atomic E-state index is 0.0503. The summed E-state index contributed by atoms with van der Waals surface area (Å²) in [5, 5.41) is 0. The van der Waals surface area contributed by atoms with Crippen LogP contribution in [0.1, 0.15) is 10.4 Å². The van der Waals surface area contributed by atoms with E-state index in [0.717, 1.165) is 22.5 Å². The molecule has 0 fully saturated rings. The van der Waals surface area contributed by atoms with Crippen molar-refractivity contribution in [2.75, 3.05) is 0 Å². The Kier molecular flexibility index (Phi) is 5.03. The van der Waals surface area contributed by atoms with Crippen molar-refractivity contribution in [2.24, 2.45) is 22.2 Å². The largest absolute Gasteiger partial charge is 0.370 e. The van der Waals surface area contributed by atoms with Crippen LogP contribution in [-0.4, -0.2) is 22.3 Å². The van der Waals surface area contributed by atoms with Crippen molar-refractivity contribution in [2.45, 2.75) is 6.54 Å². The maximum Gasteiger partial charge on any atom is 0.268 e. The van der Waals surface area contributed by atoms with Gasteiger partial charge in [-0.2, -0.15) is 4.99 Å². The highest BCUT2D eigenvalue weighted by molar-refractivity contribution is 5.94. The second-order valence-electron chi connectivity index (χ2n) is 5.93. The highest BCUT2D eigenvalue weighted by atomic mass is 16.1. The third-order valence-corrected chi connectivity index (χ3v) is 4.04. The molecule has 0 atom stereocenters. The summed E-state index contributed by atoms with van der Waals surface area (Å²) >= 11 is 0. The van der Waals surface area contributed by atoms with Gasteiger partial charge in [-0.05, 0) is 35.4 Å². The number of aromatic nitrogens is 1. The van der Waals surface area contributed by atoms with Crippen LogP contribution in [0, 0.1) is 0 Å². The number of amides is 2. The number of carbonyl (C=O) groups excluding carboxylic acids is 2. The fourth-order valence-electron chi connectivity index (χ4n) is 2.90. The molecular formula is C20H19N5O2. The third kappa shape index (κ3) is 4.04. The number of nitrogens with two attached hydrogens (primary N) is 3. The Morgan fingerprint density at radius 1 is 0.815 bits per heavy atom. The second-order valence-corrected chi connectivity index (χ2v) is 5.93. The van der Waals surface area contributed by atoms with Gasteiger partial charge in [0.15, 0.2) is 5.96 Å². The Morgan fingerprint density at radius 2 is 1.44 bits per heavy atom. The summed E-state index contributed by atoms with van der Waals surface area (Å²) in [6, 6.07) is 20.3. The van der Waals surface area contributed by atoms with Gasteiger partial charge in [0.05, 0.1) is 0 Å². The SMILES string of the molecule is NC(=O)c1cccc(-c2ccc(-c3ccccc3)n2CC(=O)N=C(N)N)c1. The standard InChI is InChI=1S/C20H19N5O2/c21-19(27)15-8-4-7-14(11-15)17-10-9-16(13-5-2-1-3-6-13)25(17)12-18(26)24-20(22)23/h1-11H,12H2,(H2,21,27)(H4,22,23,24,26). The molecule has 0 aliphatic carbocycles. The van der Waals surface area contributed by atoms with Crippen molar-refractivity contribution in [1.29, 1.82) is 0 Å². The predicted octanol–water partition coefficient (Wildman–Crippen LogP) is 1.72. The molecule has 2 amide bonds. The van der Waals surface area contributed by atoms with E-state index in [1.165, 1.54) is 0 Å². The smallest absolute Gasteiger partial charge is 0.268 e. The molecule has 27 heavy (non-hydrogen) atoms. The molecule has 6 N–H and O–H groups in total. The number of guanidine groups is 1. The van der Waals surface area contributed by atoms with Crippen molar-refractivity contribution >= 4 is 17.8 Å². The van der Waals surface area contributed by atoms with E-state index < -0.39 is 11.8 Å². The normalized spacial score (nSPS) is 10.4. The van der Waals surface area contributed by atoms with Crippen molar-refractivity contribution in [3.63, 3.8) is 0 Å². The van der Waals surface area contributed by atoms with Crippen LogP contribution in [0.4, 0.5) is 0 Å². The fraction of sp³-hybridized carbons (Fsp3) is 0.0500. The molecule has 0 aliphatic heterocycles. The first-order valence-electron chi connectivity index (χ1n) is 8.23. The summed E-state index contributed by atoms with van der Waals surface area (Å²) in [4.78, 5) is 27.3. The van der Waals surface area contributed by atoms with Crippen molar-refractivity contribution in [1.82, 2.24) is 4.57 Å². The van der Waals surface area contributed by atoms with E-state index in [2.05, 4.69) is 4.99 Å². The third-order valence-electron chi connectivity index (χ3n) is 4.04. The molecule has 0 spiro atoms. The monoisotopic (exact) mass is 361 g/mol. The van der Waals surface area contributed by atoms with Crippen LogP contribution in [0.15, 0.2) is 71.7 Å². The fourth-order valence-corrected chi connectivity index (χ4v) is 2.90. The summed E-state index contributed by atoms with van der Waals surface area (Å²) in [6.07, 6.45) is 0. The molecule has 0 unspecified atom stereocenters. The molecule has 0 saturated heterocycles. The molecule has 1 heterocycles. The lowest BCUT2D eigenvalue weighted by molar-refractivity contribution is -0.118. The van der Waals surface area contributed by atoms with E-state index in [4.69, 9.17) is 17.2 Å². The average Bonchev–Trinajstić information content (AvgIpc) is 3.05. The van der Waals surface area contributed by atoms with E-state index in [9.17, 15) is 9.59 Å². The van der Waals surface area contributed by atoms with Crippen LogP contribution >= 0.6 is 0 Å². The maximum atomic E-state index is 12.2. The van der Waals surface area contributed by atoms with Gasteiger partial charge in [0, 0.05) is 17.0 Å². The molecular weight excluding hydrogens is 342 g/mol. The number of rotatable bonds is 5. The Balaban J connectivity index is 2.13. The van der Waals surface area contributed by atoms with Crippen LogP contribution in [-0.2, 0) is 11.3 Å². The molecule has 1 aromatic heterocycles. The number of carbonyl (C=O) groups is 2. The van der Waals surface area contributed by atoms with Gasteiger partial charge in [0.2, 0.25) is 5.91 Å². The molecule has 0 aliphatic rings. The van der Waals surface area contributed by atoms with Gasteiger partial charge in [-0.15, -0.1) is 0 Å². The van der Waals surface area contributed by atoms with Crippen LogP contribution in [0.2, 0.25) is 0 Å². The number of nitrogens with zero attached hydrogens (tertiary/aromatic N) is 2. The Labute approximate surface area is 156 Å². The molecule has 3 rings (SSSR count). The maximum absolute atomic E-state index is 12.2. The number of hydrogen-bond donors (Lipinski definition) is 3. The second kappa shape index (κ2) is 7.57. The summed E-state index contributed by atoms with van der Waals surface area (Å²) < 4.78 is 1.81. The zero-order valence-electron chi connectivity index (χ0n) is 14.5. The quantitative estimate of drug-likeness (QED) is 0.472. The van der Waals surface area contributed by atoms with Gasteiger partial charge in [-0.1, -0.05) is 42.5 Å². The number of benzene rings is 2. The lowest BCUT2D eigenvalue weighted by Gasteiger charge is -2.13. The molecule has 7 nitrogen and oxygen atoms in total. The molecule has 0 bridgehead atoms.